The predicted octanol–water partition coefficient (Wildman–Crippen LogP) is 6.13. The smallest absolute Gasteiger partial charge is 0.391 e. The number of rotatable bonds is 2. The van der Waals surface area contributed by atoms with E-state index in [0.717, 1.165) is 35.3 Å². The van der Waals surface area contributed by atoms with Crippen molar-refractivity contribution in [3.63, 3.8) is 0 Å². The number of benzene rings is 2. The minimum Gasteiger partial charge on any atom is -0.487 e. The molecule has 10 heteroatoms. The van der Waals surface area contributed by atoms with E-state index in [4.69, 9.17) is 10.5 Å². The molecule has 7 nitrogen and oxygen atoms in total. The zero-order valence-electron chi connectivity index (χ0n) is 23.7. The van der Waals surface area contributed by atoms with Crippen molar-refractivity contribution in [2.45, 2.75) is 102 Å². The maximum absolute atomic E-state index is 13.9. The molecule has 220 valence electrons. The first-order valence-electron chi connectivity index (χ1n) is 14.2. The monoisotopic (exact) mass is 570 g/mol. The Kier molecular flexibility index (Phi) is 7.55. The van der Waals surface area contributed by atoms with Gasteiger partial charge in [0, 0.05) is 17.5 Å². The maximum Gasteiger partial charge on any atom is 0.391 e. The van der Waals surface area contributed by atoms with E-state index in [0.29, 0.717) is 25.0 Å². The van der Waals surface area contributed by atoms with E-state index < -0.39 is 41.6 Å². The molecule has 6 rings (SSSR count). The van der Waals surface area contributed by atoms with Gasteiger partial charge in [-0.15, -0.1) is 0 Å². The van der Waals surface area contributed by atoms with Gasteiger partial charge in [0.15, 0.2) is 5.96 Å². The Bertz CT molecular complexity index is 1370. The molecule has 0 saturated carbocycles. The highest BCUT2D eigenvalue weighted by Gasteiger charge is 2.44. The van der Waals surface area contributed by atoms with Crippen LogP contribution in [0.15, 0.2) is 47.5 Å². The van der Waals surface area contributed by atoms with Crippen LogP contribution in [0.1, 0.15) is 105 Å². The molecule has 6 bridgehead atoms. The van der Waals surface area contributed by atoms with Crippen LogP contribution in [0.2, 0.25) is 0 Å². The number of fused-ring (bicyclic) bond motifs is 5. The molecular formula is C31H37F3N4O3. The van der Waals surface area contributed by atoms with Gasteiger partial charge in [-0.05, 0) is 68.9 Å². The minimum atomic E-state index is -4.59. The number of nitrogens with two attached hydrogens (primary N) is 1. The van der Waals surface area contributed by atoms with E-state index in [2.05, 4.69) is 16.4 Å². The number of guanidine groups is 1. The first-order chi connectivity index (χ1) is 19.3. The van der Waals surface area contributed by atoms with Gasteiger partial charge in [-0.2, -0.15) is 13.2 Å². The summed E-state index contributed by atoms with van der Waals surface area (Å²) in [6.45, 7) is 5.84. The standard InChI is InChI=1S/C31H37F3N4O3/c1-4-30-13-6-5-8-19-11-12-25-22(14-19)23(16-29(2,3)41-25)36-27(40)21-10-7-9-20(15-21)24(17-31(32,33)34)38(26(39)18-30)28(35)37-30/h7,9-12,14-15,23-24H,4-6,8,13,16-18H2,1-3H3,(H2,35,37)(H,36,40)/t23-,24?,30+/m0/s1. The fraction of sp³-hybridized carbons (Fsp3) is 0.516. The maximum atomic E-state index is 13.9. The van der Waals surface area contributed by atoms with Crippen molar-refractivity contribution >= 4 is 17.8 Å². The zero-order valence-corrected chi connectivity index (χ0v) is 23.7. The van der Waals surface area contributed by atoms with Crippen molar-refractivity contribution in [3.8, 4) is 5.75 Å². The van der Waals surface area contributed by atoms with Crippen molar-refractivity contribution in [2.24, 2.45) is 10.7 Å². The van der Waals surface area contributed by atoms with Crippen LogP contribution in [0.25, 0.3) is 0 Å². The van der Waals surface area contributed by atoms with E-state index in [1.807, 2.05) is 32.9 Å². The molecule has 0 saturated heterocycles. The lowest BCUT2D eigenvalue weighted by atomic mass is 9.84. The number of aryl methyl sites for hydroxylation is 1. The molecule has 0 spiro atoms. The lowest BCUT2D eigenvalue weighted by Crippen LogP contribution is -2.53. The predicted molar refractivity (Wildman–Crippen MR) is 149 cm³/mol. The summed E-state index contributed by atoms with van der Waals surface area (Å²) in [7, 11) is 0. The third-order valence-corrected chi connectivity index (χ3v) is 8.47. The molecule has 2 amide bonds. The number of nitrogens with one attached hydrogen (secondary N) is 1. The van der Waals surface area contributed by atoms with Gasteiger partial charge in [-0.3, -0.25) is 14.5 Å². The Hall–Kier alpha value is -3.56. The van der Waals surface area contributed by atoms with Crippen LogP contribution < -0.4 is 15.8 Å². The van der Waals surface area contributed by atoms with Crippen LogP contribution in [-0.2, 0) is 11.2 Å². The molecule has 0 fully saturated rings. The fourth-order valence-electron chi connectivity index (χ4n) is 6.37. The molecule has 2 aromatic rings. The van der Waals surface area contributed by atoms with E-state index >= 15 is 0 Å². The second-order valence-corrected chi connectivity index (χ2v) is 12.1. The summed E-state index contributed by atoms with van der Waals surface area (Å²) in [5.41, 5.74) is 7.37. The van der Waals surface area contributed by atoms with Crippen LogP contribution in [0.3, 0.4) is 0 Å². The number of hydrogen-bond donors (Lipinski definition) is 2. The van der Waals surface area contributed by atoms with Gasteiger partial charge in [0.05, 0.1) is 30.5 Å². The van der Waals surface area contributed by atoms with E-state index in [1.165, 1.54) is 18.2 Å². The summed E-state index contributed by atoms with van der Waals surface area (Å²) < 4.78 is 47.8. The fourth-order valence-corrected chi connectivity index (χ4v) is 6.37. The number of hydrogen-bond acceptors (Lipinski definition) is 5. The quantitative estimate of drug-likeness (QED) is 0.454. The lowest BCUT2D eigenvalue weighted by Gasteiger charge is -2.41. The van der Waals surface area contributed by atoms with Crippen molar-refractivity contribution < 1.29 is 27.5 Å². The van der Waals surface area contributed by atoms with Gasteiger partial charge in [0.2, 0.25) is 5.91 Å². The highest BCUT2D eigenvalue weighted by atomic mass is 19.4. The molecular weight excluding hydrogens is 533 g/mol. The van der Waals surface area contributed by atoms with Crippen LogP contribution in [0.4, 0.5) is 13.2 Å². The summed E-state index contributed by atoms with van der Waals surface area (Å²) in [5.74, 6) is -0.413. The molecule has 41 heavy (non-hydrogen) atoms. The average Bonchev–Trinajstić information content (AvgIpc) is 2.89. The largest absolute Gasteiger partial charge is 0.487 e. The van der Waals surface area contributed by atoms with E-state index in [9.17, 15) is 22.8 Å². The van der Waals surface area contributed by atoms with Crippen LogP contribution in [0, 0.1) is 0 Å². The average molecular weight is 571 g/mol. The Labute approximate surface area is 238 Å². The van der Waals surface area contributed by atoms with Crippen molar-refractivity contribution in [2.75, 3.05) is 0 Å². The number of ether oxygens (including phenoxy) is 1. The van der Waals surface area contributed by atoms with Crippen molar-refractivity contribution in [1.29, 1.82) is 0 Å². The summed E-state index contributed by atoms with van der Waals surface area (Å²) >= 11 is 0. The van der Waals surface area contributed by atoms with Crippen molar-refractivity contribution in [3.05, 3.63) is 64.7 Å². The molecule has 0 aromatic heterocycles. The third kappa shape index (κ3) is 6.21. The first-order valence-corrected chi connectivity index (χ1v) is 14.2. The SMILES string of the molecule is CC[C@@]12CCCCc3ccc4c(c3)[C@H](CC(C)(C)O4)NC(=O)c3cccc(c3)C(CC(F)(F)F)N(C(=O)C1)C(N)=N2. The van der Waals surface area contributed by atoms with Gasteiger partial charge in [0.1, 0.15) is 11.4 Å². The second kappa shape index (κ2) is 10.7. The van der Waals surface area contributed by atoms with Crippen molar-refractivity contribution in [1.82, 2.24) is 10.2 Å². The summed E-state index contributed by atoms with van der Waals surface area (Å²) in [4.78, 5) is 32.7. The third-order valence-electron chi connectivity index (χ3n) is 8.47. The molecule has 4 aliphatic heterocycles. The number of carbonyl (C=O) groups is 2. The van der Waals surface area contributed by atoms with Gasteiger partial charge >= 0.3 is 6.18 Å². The molecule has 0 aliphatic carbocycles. The molecule has 0 radical (unpaired) electrons. The molecule has 4 aliphatic rings. The molecule has 1 unspecified atom stereocenters. The van der Waals surface area contributed by atoms with Crippen LogP contribution in [0.5, 0.6) is 5.75 Å². The number of carbonyl (C=O) groups excluding carboxylic acids is 2. The Morgan fingerprint density at radius 2 is 1.93 bits per heavy atom. The number of amides is 2. The number of nitrogens with zero attached hydrogens (tertiary/aromatic N) is 2. The number of halogens is 3. The van der Waals surface area contributed by atoms with Gasteiger partial charge in [-0.25, -0.2) is 4.99 Å². The summed E-state index contributed by atoms with van der Waals surface area (Å²) in [6, 6.07) is 10.3. The molecule has 4 heterocycles. The van der Waals surface area contributed by atoms with Gasteiger partial charge < -0.3 is 15.8 Å². The lowest BCUT2D eigenvalue weighted by molar-refractivity contribution is -0.151. The highest BCUT2D eigenvalue weighted by Crippen LogP contribution is 2.42. The second-order valence-electron chi connectivity index (χ2n) is 12.1. The normalized spacial score (nSPS) is 26.4. The van der Waals surface area contributed by atoms with Crippen LogP contribution >= 0.6 is 0 Å². The molecule has 3 atom stereocenters. The summed E-state index contributed by atoms with van der Waals surface area (Å²) in [6.07, 6.45) is -1.87. The Morgan fingerprint density at radius 3 is 2.63 bits per heavy atom. The molecule has 2 aromatic carbocycles. The number of alkyl halides is 3. The summed E-state index contributed by atoms with van der Waals surface area (Å²) in [5, 5.41) is 3.09. The molecule has 3 N–H and O–H groups in total. The number of aliphatic imine (C=N–C) groups is 1. The first kappa shape index (κ1) is 29.0. The highest BCUT2D eigenvalue weighted by molar-refractivity contribution is 6.00. The Morgan fingerprint density at radius 1 is 1.15 bits per heavy atom. The topological polar surface area (TPSA) is 97.0 Å². The minimum absolute atomic E-state index is 0.0214. The van der Waals surface area contributed by atoms with E-state index in [1.54, 1.807) is 6.07 Å². The van der Waals surface area contributed by atoms with E-state index in [-0.39, 0.29) is 29.5 Å². The zero-order chi connectivity index (χ0) is 29.6. The van der Waals surface area contributed by atoms with Crippen LogP contribution in [-0.4, -0.2) is 40.0 Å². The Balaban J connectivity index is 1.60. The van der Waals surface area contributed by atoms with Gasteiger partial charge in [-0.1, -0.05) is 37.6 Å². The van der Waals surface area contributed by atoms with Gasteiger partial charge in [0.25, 0.3) is 5.91 Å².